The van der Waals surface area contributed by atoms with Gasteiger partial charge in [0.25, 0.3) is 0 Å². The Kier molecular flexibility index (Phi) is 4.08. The van der Waals surface area contributed by atoms with Crippen LogP contribution in [0.1, 0.15) is 47.0 Å². The standard InChI is InChI=1S/C24H29FO6/c1-12-8-15-16-10-18(25)17-9-14(27)6-7-21(17,3)24(16)19(31-24)11-22(15,4)23(12,20(28)29-5)30-13(2)26/h6-7,9,12,15-16,18-19H,8,10-11H2,1-5H3/t12-,15-,16-,18?,19-,21-,22-,23-,24+/m0/s1. The molecule has 0 bridgehead atoms. The highest BCUT2D eigenvalue weighted by Gasteiger charge is 2.84. The van der Waals surface area contributed by atoms with Crippen LogP contribution in [-0.2, 0) is 28.6 Å². The van der Waals surface area contributed by atoms with Crippen molar-refractivity contribution in [3.8, 4) is 0 Å². The summed E-state index contributed by atoms with van der Waals surface area (Å²) < 4.78 is 32.9. The number of hydrogen-bond donors (Lipinski definition) is 0. The second-order valence-electron chi connectivity index (χ2n) is 10.4. The van der Waals surface area contributed by atoms with Gasteiger partial charge in [-0.25, -0.2) is 9.18 Å². The number of carbonyl (C=O) groups excluding carboxylic acids is 3. The number of ether oxygens (including phenoxy) is 3. The topological polar surface area (TPSA) is 82.2 Å². The molecule has 1 aliphatic heterocycles. The number of esters is 2. The van der Waals surface area contributed by atoms with Gasteiger partial charge >= 0.3 is 11.9 Å². The van der Waals surface area contributed by atoms with Gasteiger partial charge in [-0.05, 0) is 55.7 Å². The summed E-state index contributed by atoms with van der Waals surface area (Å²) in [4.78, 5) is 37.2. The van der Waals surface area contributed by atoms with Crippen LogP contribution in [0.5, 0.6) is 0 Å². The summed E-state index contributed by atoms with van der Waals surface area (Å²) in [5.74, 6) is -1.84. The first kappa shape index (κ1) is 20.9. The van der Waals surface area contributed by atoms with Crippen molar-refractivity contribution in [3.05, 3.63) is 23.8 Å². The second-order valence-corrected chi connectivity index (χ2v) is 10.4. The third-order valence-electron chi connectivity index (χ3n) is 9.25. The van der Waals surface area contributed by atoms with Crippen molar-refractivity contribution < 1.29 is 33.0 Å². The van der Waals surface area contributed by atoms with Crippen molar-refractivity contribution >= 4 is 17.7 Å². The number of alkyl halides is 1. The van der Waals surface area contributed by atoms with Gasteiger partial charge < -0.3 is 14.2 Å². The summed E-state index contributed by atoms with van der Waals surface area (Å²) in [5, 5.41) is 0. The quantitative estimate of drug-likeness (QED) is 0.493. The molecule has 4 aliphatic carbocycles. The molecule has 0 aromatic carbocycles. The maximum Gasteiger partial charge on any atom is 0.351 e. The fourth-order valence-corrected chi connectivity index (χ4v) is 8.03. The predicted octanol–water partition coefficient (Wildman–Crippen LogP) is 3.09. The number of hydrogen-bond acceptors (Lipinski definition) is 6. The lowest BCUT2D eigenvalue weighted by molar-refractivity contribution is -0.205. The van der Waals surface area contributed by atoms with Crippen molar-refractivity contribution in [2.45, 2.75) is 70.4 Å². The zero-order valence-electron chi connectivity index (χ0n) is 18.6. The minimum absolute atomic E-state index is 0.0950. The zero-order valence-corrected chi connectivity index (χ0v) is 18.6. The molecule has 9 atom stereocenters. The van der Waals surface area contributed by atoms with Gasteiger partial charge in [-0.2, -0.15) is 0 Å². The van der Waals surface area contributed by atoms with E-state index in [4.69, 9.17) is 14.2 Å². The SMILES string of the molecule is COC(=O)[C@@]1(OC(C)=O)[C@@H](C)C[C@H]2[C@@H]3CC(F)C4=CC(=O)C=C[C@]4(C)[C@@]34O[C@H]4C[C@@]21C. The van der Waals surface area contributed by atoms with Crippen LogP contribution < -0.4 is 0 Å². The van der Waals surface area contributed by atoms with E-state index in [0.29, 0.717) is 18.4 Å². The molecule has 0 amide bonds. The molecule has 5 rings (SSSR count). The lowest BCUT2D eigenvalue weighted by Crippen LogP contribution is -2.64. The number of fused-ring (bicyclic) bond motifs is 3. The molecular formula is C24H29FO6. The summed E-state index contributed by atoms with van der Waals surface area (Å²) >= 11 is 0. The van der Waals surface area contributed by atoms with Crippen LogP contribution in [0.15, 0.2) is 23.8 Å². The number of allylic oxidation sites excluding steroid dienone is 2. The molecule has 0 aromatic heterocycles. The van der Waals surface area contributed by atoms with E-state index in [1.807, 2.05) is 26.8 Å². The number of halogens is 1. The average Bonchev–Trinajstić information content (AvgIpc) is 3.38. The Balaban J connectivity index is 1.64. The third kappa shape index (κ3) is 2.18. The minimum Gasteiger partial charge on any atom is -0.466 e. The molecule has 0 aromatic rings. The molecule has 1 spiro atoms. The molecule has 168 valence electrons. The van der Waals surface area contributed by atoms with E-state index in [1.165, 1.54) is 26.2 Å². The summed E-state index contributed by atoms with van der Waals surface area (Å²) in [7, 11) is 1.30. The first-order valence-electron chi connectivity index (χ1n) is 11.0. The van der Waals surface area contributed by atoms with Crippen molar-refractivity contribution in [2.75, 3.05) is 7.11 Å². The van der Waals surface area contributed by atoms with Crippen molar-refractivity contribution in [1.29, 1.82) is 0 Å². The monoisotopic (exact) mass is 432 g/mol. The van der Waals surface area contributed by atoms with Gasteiger partial charge in [-0.1, -0.05) is 19.9 Å². The molecule has 7 heteroatoms. The van der Waals surface area contributed by atoms with Crippen LogP contribution in [0.25, 0.3) is 0 Å². The van der Waals surface area contributed by atoms with Crippen LogP contribution in [0.3, 0.4) is 0 Å². The molecule has 4 fully saturated rings. The number of epoxide rings is 1. The Bertz CT molecular complexity index is 956. The molecular weight excluding hydrogens is 403 g/mol. The van der Waals surface area contributed by atoms with Crippen molar-refractivity contribution in [2.24, 2.45) is 28.6 Å². The van der Waals surface area contributed by atoms with Crippen LogP contribution >= 0.6 is 0 Å². The maximum atomic E-state index is 15.5. The molecule has 1 unspecified atom stereocenters. The molecule has 1 saturated heterocycles. The Morgan fingerprint density at radius 3 is 2.58 bits per heavy atom. The van der Waals surface area contributed by atoms with Crippen molar-refractivity contribution in [3.63, 3.8) is 0 Å². The van der Waals surface area contributed by atoms with Crippen LogP contribution in [0, 0.1) is 28.6 Å². The Morgan fingerprint density at radius 1 is 1.23 bits per heavy atom. The average molecular weight is 432 g/mol. The number of carbonyl (C=O) groups is 3. The van der Waals surface area contributed by atoms with E-state index in [1.54, 1.807) is 0 Å². The molecule has 1 heterocycles. The summed E-state index contributed by atoms with van der Waals surface area (Å²) in [6, 6.07) is 0. The predicted molar refractivity (Wildman–Crippen MR) is 107 cm³/mol. The lowest BCUT2D eigenvalue weighted by atomic mass is 9.46. The van der Waals surface area contributed by atoms with Crippen LogP contribution in [0.2, 0.25) is 0 Å². The van der Waals surface area contributed by atoms with Crippen molar-refractivity contribution in [1.82, 2.24) is 0 Å². The van der Waals surface area contributed by atoms with Gasteiger partial charge in [0.1, 0.15) is 11.8 Å². The second kappa shape index (κ2) is 6.06. The first-order chi connectivity index (χ1) is 14.5. The highest BCUT2D eigenvalue weighted by Crippen LogP contribution is 2.77. The van der Waals surface area contributed by atoms with E-state index in [2.05, 4.69) is 0 Å². The van der Waals surface area contributed by atoms with E-state index in [-0.39, 0.29) is 36.1 Å². The molecule has 3 saturated carbocycles. The van der Waals surface area contributed by atoms with E-state index in [0.717, 1.165) is 0 Å². The van der Waals surface area contributed by atoms with E-state index in [9.17, 15) is 14.4 Å². The Hall–Kier alpha value is -2.02. The molecule has 6 nitrogen and oxygen atoms in total. The third-order valence-corrected chi connectivity index (χ3v) is 9.25. The first-order valence-corrected chi connectivity index (χ1v) is 11.0. The molecule has 0 radical (unpaired) electrons. The van der Waals surface area contributed by atoms with E-state index >= 15 is 4.39 Å². The van der Waals surface area contributed by atoms with Crippen LogP contribution in [-0.4, -0.2) is 48.3 Å². The summed E-state index contributed by atoms with van der Waals surface area (Å²) in [5.41, 5.74) is -3.00. The summed E-state index contributed by atoms with van der Waals surface area (Å²) in [6.07, 6.45) is 4.59. The van der Waals surface area contributed by atoms with Gasteiger partial charge in [0, 0.05) is 23.7 Å². The number of rotatable bonds is 2. The van der Waals surface area contributed by atoms with Gasteiger partial charge in [-0.15, -0.1) is 0 Å². The van der Waals surface area contributed by atoms with E-state index < -0.39 is 40.1 Å². The molecule has 31 heavy (non-hydrogen) atoms. The lowest BCUT2D eigenvalue weighted by Gasteiger charge is -2.56. The van der Waals surface area contributed by atoms with Gasteiger partial charge in [-0.3, -0.25) is 9.59 Å². The van der Waals surface area contributed by atoms with Gasteiger partial charge in [0.15, 0.2) is 5.78 Å². The maximum absolute atomic E-state index is 15.5. The molecule has 5 aliphatic rings. The van der Waals surface area contributed by atoms with Crippen LogP contribution in [0.4, 0.5) is 4.39 Å². The molecule has 0 N–H and O–H groups in total. The number of methoxy groups -OCH3 is 1. The smallest absolute Gasteiger partial charge is 0.351 e. The Morgan fingerprint density at radius 2 is 1.94 bits per heavy atom. The fraction of sp³-hybridized carbons (Fsp3) is 0.708. The fourth-order valence-electron chi connectivity index (χ4n) is 8.03. The van der Waals surface area contributed by atoms with Gasteiger partial charge in [0.2, 0.25) is 5.60 Å². The largest absolute Gasteiger partial charge is 0.466 e. The highest BCUT2D eigenvalue weighted by molar-refractivity contribution is 6.01. The Labute approximate surface area is 181 Å². The van der Waals surface area contributed by atoms with Gasteiger partial charge in [0.05, 0.1) is 13.2 Å². The normalized spacial score (nSPS) is 51.6. The minimum atomic E-state index is -1.43. The zero-order chi connectivity index (χ0) is 22.6. The summed E-state index contributed by atoms with van der Waals surface area (Å²) in [6.45, 7) is 7.13. The number of ketones is 1. The highest BCUT2D eigenvalue weighted by atomic mass is 19.1.